The van der Waals surface area contributed by atoms with E-state index in [0.717, 1.165) is 54.1 Å². The average Bonchev–Trinajstić information content (AvgIpc) is 3.28. The predicted octanol–water partition coefficient (Wildman–Crippen LogP) is 4.65. The van der Waals surface area contributed by atoms with Crippen molar-refractivity contribution in [2.75, 3.05) is 20.1 Å². The van der Waals surface area contributed by atoms with Gasteiger partial charge >= 0.3 is 0 Å². The Balaban J connectivity index is 1.35. The van der Waals surface area contributed by atoms with Gasteiger partial charge in [-0.3, -0.25) is 9.20 Å². The lowest BCUT2D eigenvalue weighted by atomic mass is 9.93. The number of ketones is 1. The number of rotatable bonds is 6. The first kappa shape index (κ1) is 20.3. The lowest BCUT2D eigenvalue weighted by Gasteiger charge is -2.36. The molecule has 3 aromatic heterocycles. The number of likely N-dealkylation sites (N-methyl/N-ethyl adjacent to an activating group) is 1. The van der Waals surface area contributed by atoms with Crippen molar-refractivity contribution in [2.45, 2.75) is 32.1 Å². The number of aromatic nitrogens is 4. The lowest BCUT2D eigenvalue weighted by molar-refractivity contribution is 0.0972. The van der Waals surface area contributed by atoms with Crippen molar-refractivity contribution in [2.24, 2.45) is 5.92 Å². The molecule has 0 amide bonds. The molecule has 2 aliphatic rings. The number of benzene rings is 1. The minimum absolute atomic E-state index is 0.111. The first-order valence-electron chi connectivity index (χ1n) is 11.5. The lowest BCUT2D eigenvalue weighted by Crippen LogP contribution is -2.41. The first-order valence-corrected chi connectivity index (χ1v) is 11.5. The largest absolute Gasteiger partial charge is 0.305 e. The van der Waals surface area contributed by atoms with Crippen LogP contribution in [0.1, 0.15) is 46.7 Å². The molecule has 0 spiro atoms. The van der Waals surface area contributed by atoms with Crippen molar-refractivity contribution in [1.29, 1.82) is 0 Å². The van der Waals surface area contributed by atoms with Gasteiger partial charge in [-0.1, -0.05) is 6.07 Å². The zero-order valence-electron chi connectivity index (χ0n) is 18.8. The molecule has 6 nitrogen and oxygen atoms in total. The number of aryl methyl sites for hydroxylation is 1. The topological polar surface area (TPSA) is 55.4 Å². The molecule has 4 aromatic rings. The molecule has 168 valence electrons. The standard InChI is InChI=1S/C26H26FN5O/c1-16-7-23(27)22(24(33)8-17-3-4-17)9-21(16)19-10-29-32(15-19)26-11-28-25-6-5-18(14-31(25)26)20-12-30(2)13-20/h5-7,9-11,14-15,17,20H,3-4,8,12-13H2,1-2H3. The third-order valence-corrected chi connectivity index (χ3v) is 6.96. The van der Waals surface area contributed by atoms with E-state index in [1.807, 2.05) is 25.4 Å². The smallest absolute Gasteiger partial charge is 0.166 e. The van der Waals surface area contributed by atoms with Gasteiger partial charge in [-0.05, 0) is 67.6 Å². The fourth-order valence-electron chi connectivity index (χ4n) is 4.78. The Morgan fingerprint density at radius 1 is 1.15 bits per heavy atom. The molecule has 6 rings (SSSR count). The number of Topliss-reactive ketones (excluding diaryl/α,β-unsaturated/α-hetero) is 1. The Morgan fingerprint density at radius 2 is 1.97 bits per heavy atom. The number of nitrogens with zero attached hydrogens (tertiary/aromatic N) is 5. The number of carbonyl (C=O) groups excluding carboxylic acids is 1. The van der Waals surface area contributed by atoms with Gasteiger partial charge in [-0.2, -0.15) is 5.10 Å². The molecule has 1 saturated heterocycles. The number of pyridine rings is 1. The van der Waals surface area contributed by atoms with Crippen LogP contribution < -0.4 is 0 Å². The zero-order chi connectivity index (χ0) is 22.7. The molecule has 0 atom stereocenters. The maximum Gasteiger partial charge on any atom is 0.166 e. The normalized spacial score (nSPS) is 16.9. The highest BCUT2D eigenvalue weighted by atomic mass is 19.1. The summed E-state index contributed by atoms with van der Waals surface area (Å²) < 4.78 is 18.4. The highest BCUT2D eigenvalue weighted by Gasteiger charge is 2.27. The van der Waals surface area contributed by atoms with E-state index >= 15 is 0 Å². The van der Waals surface area contributed by atoms with E-state index < -0.39 is 5.82 Å². The molecule has 0 radical (unpaired) electrons. The van der Waals surface area contributed by atoms with Crippen molar-refractivity contribution in [3.8, 4) is 16.9 Å². The van der Waals surface area contributed by atoms with Gasteiger partial charge in [0, 0.05) is 43.4 Å². The summed E-state index contributed by atoms with van der Waals surface area (Å²) >= 11 is 0. The molecule has 1 aliphatic carbocycles. The number of carbonyl (C=O) groups is 1. The minimum atomic E-state index is -0.440. The average molecular weight is 444 g/mol. The Kier molecular flexibility index (Phi) is 4.69. The fourth-order valence-corrected chi connectivity index (χ4v) is 4.78. The second-order valence-corrected chi connectivity index (χ2v) is 9.62. The summed E-state index contributed by atoms with van der Waals surface area (Å²) in [4.78, 5) is 19.4. The van der Waals surface area contributed by atoms with Gasteiger partial charge in [0.1, 0.15) is 11.5 Å². The fraction of sp³-hybridized carbons (Fsp3) is 0.346. The number of likely N-dealkylation sites (tertiary alicyclic amines) is 1. The molecule has 7 heteroatoms. The van der Waals surface area contributed by atoms with Gasteiger partial charge in [-0.25, -0.2) is 14.1 Å². The van der Waals surface area contributed by atoms with Crippen LogP contribution in [0.2, 0.25) is 0 Å². The number of hydrogen-bond donors (Lipinski definition) is 0. The van der Waals surface area contributed by atoms with Crippen molar-refractivity contribution in [3.63, 3.8) is 0 Å². The Morgan fingerprint density at radius 3 is 2.73 bits per heavy atom. The van der Waals surface area contributed by atoms with E-state index in [1.165, 1.54) is 11.6 Å². The summed E-state index contributed by atoms with van der Waals surface area (Å²) in [5.74, 6) is 1.25. The summed E-state index contributed by atoms with van der Waals surface area (Å²) in [5.41, 5.74) is 4.79. The Bertz CT molecular complexity index is 1380. The summed E-state index contributed by atoms with van der Waals surface area (Å²) in [6, 6.07) is 7.35. The van der Waals surface area contributed by atoms with E-state index in [1.54, 1.807) is 16.9 Å². The van der Waals surface area contributed by atoms with Crippen molar-refractivity contribution < 1.29 is 9.18 Å². The molecule has 1 aromatic carbocycles. The van der Waals surface area contributed by atoms with Gasteiger partial charge in [0.25, 0.3) is 0 Å². The molecule has 2 fully saturated rings. The molecule has 0 unspecified atom stereocenters. The van der Waals surface area contributed by atoms with E-state index in [2.05, 4.69) is 38.7 Å². The molecule has 0 bridgehead atoms. The number of imidazole rings is 1. The molecule has 1 aliphatic heterocycles. The van der Waals surface area contributed by atoms with Crippen molar-refractivity contribution in [1.82, 2.24) is 24.1 Å². The van der Waals surface area contributed by atoms with Crippen LogP contribution in [0.25, 0.3) is 22.6 Å². The maximum atomic E-state index is 14.6. The SMILES string of the molecule is Cc1cc(F)c(C(=O)CC2CC2)cc1-c1cnn(-c2cnc3ccc(C4CN(C)C4)cn23)c1. The third kappa shape index (κ3) is 3.66. The van der Waals surface area contributed by atoms with E-state index in [4.69, 9.17) is 0 Å². The van der Waals surface area contributed by atoms with Crippen molar-refractivity contribution >= 4 is 11.4 Å². The summed E-state index contributed by atoms with van der Waals surface area (Å²) in [5, 5.41) is 4.57. The third-order valence-electron chi connectivity index (χ3n) is 6.96. The quantitative estimate of drug-likeness (QED) is 0.407. The van der Waals surface area contributed by atoms with E-state index in [-0.39, 0.29) is 11.3 Å². The van der Waals surface area contributed by atoms with Crippen LogP contribution in [-0.2, 0) is 0 Å². The monoisotopic (exact) mass is 443 g/mol. The highest BCUT2D eigenvalue weighted by Crippen LogP contribution is 2.35. The molecular formula is C26H26FN5O. The Labute approximate surface area is 191 Å². The van der Waals surface area contributed by atoms with E-state index in [0.29, 0.717) is 18.3 Å². The van der Waals surface area contributed by atoms with Crippen molar-refractivity contribution in [3.05, 3.63) is 71.6 Å². The summed E-state index contributed by atoms with van der Waals surface area (Å²) in [6.07, 6.45) is 10.2. The molecule has 0 N–H and O–H groups in total. The van der Waals surface area contributed by atoms with Gasteiger partial charge in [0.05, 0.1) is 18.0 Å². The number of hydrogen-bond acceptors (Lipinski definition) is 4. The van der Waals surface area contributed by atoms with Gasteiger partial charge in [0.2, 0.25) is 0 Å². The van der Waals surface area contributed by atoms with Crippen LogP contribution in [-0.4, -0.2) is 50.0 Å². The second-order valence-electron chi connectivity index (χ2n) is 9.62. The minimum Gasteiger partial charge on any atom is -0.305 e. The predicted molar refractivity (Wildman–Crippen MR) is 124 cm³/mol. The second kappa shape index (κ2) is 7.63. The number of halogens is 1. The summed E-state index contributed by atoms with van der Waals surface area (Å²) in [7, 11) is 2.13. The highest BCUT2D eigenvalue weighted by molar-refractivity contribution is 5.98. The number of fused-ring (bicyclic) bond motifs is 1. The van der Waals surface area contributed by atoms with Crippen LogP contribution in [0.15, 0.2) is 49.1 Å². The zero-order valence-corrected chi connectivity index (χ0v) is 18.8. The maximum absolute atomic E-state index is 14.6. The Hall–Kier alpha value is -3.32. The molecule has 1 saturated carbocycles. The van der Waals surface area contributed by atoms with Crippen LogP contribution in [0.4, 0.5) is 4.39 Å². The van der Waals surface area contributed by atoms with Crippen LogP contribution in [0.3, 0.4) is 0 Å². The molecule has 4 heterocycles. The summed E-state index contributed by atoms with van der Waals surface area (Å²) in [6.45, 7) is 3.99. The van der Waals surface area contributed by atoms with Crippen LogP contribution in [0.5, 0.6) is 0 Å². The van der Waals surface area contributed by atoms with E-state index in [9.17, 15) is 9.18 Å². The van der Waals surface area contributed by atoms with Crippen LogP contribution in [0, 0.1) is 18.7 Å². The first-order chi connectivity index (χ1) is 16.0. The van der Waals surface area contributed by atoms with Crippen LogP contribution >= 0.6 is 0 Å². The molecular weight excluding hydrogens is 417 g/mol. The van der Waals surface area contributed by atoms with Gasteiger partial charge in [-0.15, -0.1) is 0 Å². The molecule has 33 heavy (non-hydrogen) atoms. The van der Waals surface area contributed by atoms with Gasteiger partial charge < -0.3 is 4.90 Å². The van der Waals surface area contributed by atoms with Gasteiger partial charge in [0.15, 0.2) is 11.6 Å².